The minimum Gasteiger partial charge on any atom is -0.310 e. The minimum atomic E-state index is -2.91. The Balaban J connectivity index is 2.78. The lowest BCUT2D eigenvalue weighted by Gasteiger charge is -2.20. The van der Waals surface area contributed by atoms with Crippen molar-refractivity contribution in [2.75, 3.05) is 18.1 Å². The number of rotatable bonds is 9. The van der Waals surface area contributed by atoms with Crippen LogP contribution < -0.4 is 5.32 Å². The lowest BCUT2D eigenvalue weighted by molar-refractivity contribution is 0.492. The molecule has 0 saturated carbocycles. The summed E-state index contributed by atoms with van der Waals surface area (Å²) in [6.45, 7) is 4.68. The van der Waals surface area contributed by atoms with Gasteiger partial charge < -0.3 is 5.32 Å². The molecule has 3 nitrogen and oxygen atoms in total. The van der Waals surface area contributed by atoms with E-state index in [-0.39, 0.29) is 17.5 Å². The molecular formula is C15H23BrClNO2S. The van der Waals surface area contributed by atoms with Gasteiger partial charge in [0.25, 0.3) is 0 Å². The third-order valence-corrected chi connectivity index (χ3v) is 5.99. The van der Waals surface area contributed by atoms with Crippen LogP contribution in [0.4, 0.5) is 0 Å². The molecule has 0 aliphatic rings. The van der Waals surface area contributed by atoms with Crippen molar-refractivity contribution < 1.29 is 8.42 Å². The highest BCUT2D eigenvalue weighted by molar-refractivity contribution is 9.10. The fourth-order valence-corrected chi connectivity index (χ4v) is 3.64. The highest BCUT2D eigenvalue weighted by atomic mass is 79.9. The second-order valence-electron chi connectivity index (χ2n) is 5.05. The maximum atomic E-state index is 11.6. The zero-order valence-electron chi connectivity index (χ0n) is 12.5. The van der Waals surface area contributed by atoms with Gasteiger partial charge in [-0.1, -0.05) is 41.4 Å². The minimum absolute atomic E-state index is 0.0852. The molecule has 1 N–H and O–H groups in total. The predicted molar refractivity (Wildman–Crippen MR) is 93.7 cm³/mol. The van der Waals surface area contributed by atoms with Crippen molar-refractivity contribution >= 4 is 37.4 Å². The molecule has 0 radical (unpaired) electrons. The molecule has 1 aromatic rings. The topological polar surface area (TPSA) is 46.2 Å². The van der Waals surface area contributed by atoms with Crippen molar-refractivity contribution in [1.29, 1.82) is 0 Å². The number of benzene rings is 1. The molecule has 1 unspecified atom stereocenters. The van der Waals surface area contributed by atoms with Gasteiger partial charge in [0.1, 0.15) is 9.84 Å². The third kappa shape index (κ3) is 6.68. The van der Waals surface area contributed by atoms with Crippen molar-refractivity contribution in [3.8, 4) is 0 Å². The lowest BCUT2D eigenvalue weighted by Crippen LogP contribution is -2.23. The van der Waals surface area contributed by atoms with Crippen LogP contribution in [-0.4, -0.2) is 26.5 Å². The molecule has 120 valence electrons. The molecule has 0 saturated heterocycles. The van der Waals surface area contributed by atoms with Gasteiger partial charge in [-0.3, -0.25) is 0 Å². The van der Waals surface area contributed by atoms with E-state index in [0.717, 1.165) is 29.4 Å². The molecule has 0 aliphatic carbocycles. The first-order chi connectivity index (χ1) is 9.89. The first kappa shape index (κ1) is 18.9. The summed E-state index contributed by atoms with van der Waals surface area (Å²) in [5.74, 6) is 0.442. The Morgan fingerprint density at radius 2 is 2.05 bits per heavy atom. The molecule has 1 rings (SSSR count). The highest BCUT2D eigenvalue weighted by Crippen LogP contribution is 2.29. The summed E-state index contributed by atoms with van der Waals surface area (Å²) in [5, 5.41) is 4.17. The molecule has 0 bridgehead atoms. The third-order valence-electron chi connectivity index (χ3n) is 3.36. The average molecular weight is 397 g/mol. The number of halogens is 2. The van der Waals surface area contributed by atoms with Crippen molar-refractivity contribution in [2.24, 2.45) is 0 Å². The molecule has 0 heterocycles. The van der Waals surface area contributed by atoms with Crippen molar-refractivity contribution in [1.82, 2.24) is 5.32 Å². The van der Waals surface area contributed by atoms with E-state index in [1.807, 2.05) is 18.2 Å². The summed E-state index contributed by atoms with van der Waals surface area (Å²) in [4.78, 5) is 0. The van der Waals surface area contributed by atoms with Crippen molar-refractivity contribution in [2.45, 2.75) is 39.2 Å². The van der Waals surface area contributed by atoms with E-state index in [1.165, 1.54) is 0 Å². The van der Waals surface area contributed by atoms with E-state index in [0.29, 0.717) is 11.4 Å². The van der Waals surface area contributed by atoms with Crippen LogP contribution in [0.5, 0.6) is 0 Å². The normalized spacial score (nSPS) is 13.3. The van der Waals surface area contributed by atoms with Crippen molar-refractivity contribution in [3.63, 3.8) is 0 Å². The number of hydrogen-bond donors (Lipinski definition) is 1. The second kappa shape index (κ2) is 9.13. The standard InChI is InChI=1S/C15H23BrClNO2S/c1-3-9-18-15(6-5-10-21(19,20)4-2)13-11-12(16)7-8-14(13)17/h7-8,11,15,18H,3-6,9-10H2,1-2H3. The Morgan fingerprint density at radius 3 is 2.67 bits per heavy atom. The highest BCUT2D eigenvalue weighted by Gasteiger charge is 2.16. The smallest absolute Gasteiger partial charge is 0.150 e. The zero-order valence-corrected chi connectivity index (χ0v) is 15.7. The van der Waals surface area contributed by atoms with Gasteiger partial charge in [-0.05, 0) is 49.6 Å². The second-order valence-corrected chi connectivity index (χ2v) is 8.85. The fourth-order valence-electron chi connectivity index (χ4n) is 2.12. The van der Waals surface area contributed by atoms with E-state index < -0.39 is 9.84 Å². The summed E-state index contributed by atoms with van der Waals surface area (Å²) >= 11 is 9.75. The van der Waals surface area contributed by atoms with E-state index in [4.69, 9.17) is 11.6 Å². The summed E-state index contributed by atoms with van der Waals surface area (Å²) in [6.07, 6.45) is 2.42. The van der Waals surface area contributed by atoms with Gasteiger partial charge in [-0.25, -0.2) is 8.42 Å². The van der Waals surface area contributed by atoms with Gasteiger partial charge in [0.2, 0.25) is 0 Å². The fraction of sp³-hybridized carbons (Fsp3) is 0.600. The number of sulfone groups is 1. The first-order valence-electron chi connectivity index (χ1n) is 7.28. The van der Waals surface area contributed by atoms with Crippen LogP contribution in [0.25, 0.3) is 0 Å². The Hall–Kier alpha value is -0.100. The maximum Gasteiger partial charge on any atom is 0.150 e. The van der Waals surface area contributed by atoms with Crippen LogP contribution in [0.15, 0.2) is 22.7 Å². The van der Waals surface area contributed by atoms with E-state index in [2.05, 4.69) is 28.2 Å². The molecule has 0 amide bonds. The molecule has 1 aromatic carbocycles. The van der Waals surface area contributed by atoms with Gasteiger partial charge in [-0.2, -0.15) is 0 Å². The number of nitrogens with one attached hydrogen (secondary N) is 1. The SMILES string of the molecule is CCCNC(CCCS(=O)(=O)CC)c1cc(Br)ccc1Cl. The summed E-state index contributed by atoms with van der Waals surface area (Å²) in [6, 6.07) is 5.86. The van der Waals surface area contributed by atoms with Gasteiger partial charge in [0.05, 0.1) is 5.75 Å². The van der Waals surface area contributed by atoms with E-state index in [1.54, 1.807) is 6.92 Å². The summed E-state index contributed by atoms with van der Waals surface area (Å²) in [7, 11) is -2.91. The van der Waals surface area contributed by atoms with E-state index in [9.17, 15) is 8.42 Å². The average Bonchev–Trinajstić information content (AvgIpc) is 2.45. The van der Waals surface area contributed by atoms with Crippen LogP contribution in [0, 0.1) is 0 Å². The molecule has 21 heavy (non-hydrogen) atoms. The molecule has 6 heteroatoms. The summed E-state index contributed by atoms with van der Waals surface area (Å²) < 4.78 is 24.2. The predicted octanol–water partition coefficient (Wildman–Crippen LogP) is 4.36. The molecule has 0 aromatic heterocycles. The largest absolute Gasteiger partial charge is 0.310 e. The monoisotopic (exact) mass is 395 g/mol. The van der Waals surface area contributed by atoms with E-state index >= 15 is 0 Å². The van der Waals surface area contributed by atoms with Crippen LogP contribution in [-0.2, 0) is 9.84 Å². The Morgan fingerprint density at radius 1 is 1.33 bits per heavy atom. The molecule has 0 aliphatic heterocycles. The first-order valence-corrected chi connectivity index (χ1v) is 10.3. The van der Waals surface area contributed by atoms with Gasteiger partial charge >= 0.3 is 0 Å². The van der Waals surface area contributed by atoms with Crippen LogP contribution >= 0.6 is 27.5 Å². The number of hydrogen-bond acceptors (Lipinski definition) is 3. The Labute approximate surface area is 141 Å². The zero-order chi connectivity index (χ0) is 15.9. The molecular weight excluding hydrogens is 374 g/mol. The maximum absolute atomic E-state index is 11.6. The van der Waals surface area contributed by atoms with Crippen LogP contribution in [0.2, 0.25) is 5.02 Å². The molecule has 1 atom stereocenters. The Bertz CT molecular complexity index is 549. The van der Waals surface area contributed by atoms with Crippen LogP contribution in [0.1, 0.15) is 44.7 Å². The van der Waals surface area contributed by atoms with Crippen molar-refractivity contribution in [3.05, 3.63) is 33.3 Å². The molecule has 0 spiro atoms. The van der Waals surface area contributed by atoms with Gasteiger partial charge in [0, 0.05) is 21.3 Å². The Kier molecular flexibility index (Phi) is 8.24. The molecule has 0 fully saturated rings. The summed E-state index contributed by atoms with van der Waals surface area (Å²) in [5.41, 5.74) is 1.02. The lowest BCUT2D eigenvalue weighted by atomic mass is 10.0. The quantitative estimate of drug-likeness (QED) is 0.674. The van der Waals surface area contributed by atoms with Crippen LogP contribution in [0.3, 0.4) is 0 Å². The van der Waals surface area contributed by atoms with Gasteiger partial charge in [0.15, 0.2) is 0 Å². The van der Waals surface area contributed by atoms with Gasteiger partial charge in [-0.15, -0.1) is 0 Å².